The Hall–Kier alpha value is -1.35. The highest BCUT2D eigenvalue weighted by Crippen LogP contribution is 2.34. The van der Waals surface area contributed by atoms with Crippen molar-refractivity contribution in [3.63, 3.8) is 0 Å². The van der Waals surface area contributed by atoms with Gasteiger partial charge in [-0.05, 0) is 18.4 Å². The summed E-state index contributed by atoms with van der Waals surface area (Å²) in [7, 11) is 0. The maximum atomic E-state index is 12.1. The van der Waals surface area contributed by atoms with E-state index in [0.717, 1.165) is 24.9 Å². The van der Waals surface area contributed by atoms with Crippen LogP contribution in [0.2, 0.25) is 0 Å². The molecule has 1 aromatic rings. The summed E-state index contributed by atoms with van der Waals surface area (Å²) in [4.78, 5) is 14.1. The highest BCUT2D eigenvalue weighted by Gasteiger charge is 2.38. The maximum Gasteiger partial charge on any atom is 0.223 e. The van der Waals surface area contributed by atoms with E-state index < -0.39 is 6.10 Å². The van der Waals surface area contributed by atoms with Gasteiger partial charge in [0.25, 0.3) is 0 Å². The molecule has 1 aromatic carbocycles. The lowest BCUT2D eigenvalue weighted by Crippen LogP contribution is -2.34. The predicted octanol–water partition coefficient (Wildman–Crippen LogP) is 2.51. The van der Waals surface area contributed by atoms with E-state index in [0.29, 0.717) is 12.5 Å². The highest BCUT2D eigenvalue weighted by atomic mass is 16.3. The lowest BCUT2D eigenvalue weighted by molar-refractivity contribution is -0.129. The second-order valence-electron chi connectivity index (χ2n) is 5.80. The number of likely N-dealkylation sites (tertiary alicyclic amines) is 1. The number of rotatable bonds is 3. The van der Waals surface area contributed by atoms with E-state index >= 15 is 0 Å². The van der Waals surface area contributed by atoms with Crippen LogP contribution in [-0.2, 0) is 4.79 Å². The normalized spacial score (nSPS) is 26.1. The van der Waals surface area contributed by atoms with Crippen LogP contribution in [0.15, 0.2) is 30.3 Å². The molecule has 1 aliphatic carbocycles. The molecular weight excluding hydrogens is 238 g/mol. The fourth-order valence-electron chi connectivity index (χ4n) is 3.46. The zero-order valence-electron chi connectivity index (χ0n) is 11.2. The van der Waals surface area contributed by atoms with E-state index in [1.54, 1.807) is 0 Å². The van der Waals surface area contributed by atoms with Gasteiger partial charge in [-0.25, -0.2) is 0 Å². The third-order valence-corrected chi connectivity index (χ3v) is 4.54. The van der Waals surface area contributed by atoms with Crippen molar-refractivity contribution in [1.29, 1.82) is 0 Å². The van der Waals surface area contributed by atoms with E-state index in [1.165, 1.54) is 12.8 Å². The first kappa shape index (κ1) is 12.7. The minimum Gasteiger partial charge on any atom is -0.388 e. The first-order valence-electron chi connectivity index (χ1n) is 7.28. The quantitative estimate of drug-likeness (QED) is 0.906. The zero-order chi connectivity index (χ0) is 13.2. The number of carbonyl (C=O) groups excluding carboxylic acids is 1. The van der Waals surface area contributed by atoms with Crippen molar-refractivity contribution < 1.29 is 9.90 Å². The third kappa shape index (κ3) is 2.52. The topological polar surface area (TPSA) is 40.5 Å². The van der Waals surface area contributed by atoms with E-state index in [-0.39, 0.29) is 11.8 Å². The van der Waals surface area contributed by atoms with Crippen LogP contribution in [0.25, 0.3) is 0 Å². The largest absolute Gasteiger partial charge is 0.388 e. The average Bonchev–Trinajstić information content (AvgIpc) is 3.08. The van der Waals surface area contributed by atoms with Crippen molar-refractivity contribution in [3.05, 3.63) is 35.9 Å². The molecule has 1 N–H and O–H groups in total. The summed E-state index contributed by atoms with van der Waals surface area (Å²) in [5, 5.41) is 10.4. The molecule has 3 heteroatoms. The average molecular weight is 259 g/mol. The summed E-state index contributed by atoms with van der Waals surface area (Å²) in [5.41, 5.74) is 0.925. The van der Waals surface area contributed by atoms with E-state index in [2.05, 4.69) is 0 Å². The van der Waals surface area contributed by atoms with Crippen molar-refractivity contribution >= 4 is 5.91 Å². The van der Waals surface area contributed by atoms with Crippen molar-refractivity contribution in [2.75, 3.05) is 6.54 Å². The minimum atomic E-state index is -0.517. The Kier molecular flexibility index (Phi) is 3.56. The van der Waals surface area contributed by atoms with Gasteiger partial charge < -0.3 is 10.0 Å². The van der Waals surface area contributed by atoms with Gasteiger partial charge in [0.05, 0.1) is 6.10 Å². The Morgan fingerprint density at radius 1 is 1.16 bits per heavy atom. The first-order chi connectivity index (χ1) is 9.25. The van der Waals surface area contributed by atoms with Crippen LogP contribution in [0.5, 0.6) is 0 Å². The molecule has 2 fully saturated rings. The number of aliphatic hydroxyl groups is 1. The van der Waals surface area contributed by atoms with Crippen molar-refractivity contribution in [1.82, 2.24) is 4.90 Å². The lowest BCUT2D eigenvalue weighted by atomic mass is 9.95. The Bertz CT molecular complexity index is 439. The molecule has 1 aliphatic heterocycles. The smallest absolute Gasteiger partial charge is 0.223 e. The molecule has 1 amide bonds. The molecular formula is C16H21NO2. The monoisotopic (exact) mass is 259 g/mol. The Morgan fingerprint density at radius 3 is 2.53 bits per heavy atom. The molecule has 0 spiro atoms. The summed E-state index contributed by atoms with van der Waals surface area (Å²) in [5.74, 6) is 0.280. The molecule has 19 heavy (non-hydrogen) atoms. The second kappa shape index (κ2) is 5.33. The Morgan fingerprint density at radius 2 is 1.84 bits per heavy atom. The standard InChI is InChI=1S/C16H21NO2/c18-15-10-13(11-17(15)14-8-4-5-9-14)16(19)12-6-2-1-3-7-12/h1-3,6-7,13-14,16,19H,4-5,8-11H2. The summed E-state index contributed by atoms with van der Waals surface area (Å²) in [6.07, 6.45) is 4.73. The van der Waals surface area contributed by atoms with Crippen LogP contribution in [0.3, 0.4) is 0 Å². The number of nitrogens with zero attached hydrogens (tertiary/aromatic N) is 1. The Labute approximate surface area is 114 Å². The summed E-state index contributed by atoms with van der Waals surface area (Å²) in [6.45, 7) is 0.722. The summed E-state index contributed by atoms with van der Waals surface area (Å²) >= 11 is 0. The second-order valence-corrected chi connectivity index (χ2v) is 5.80. The summed E-state index contributed by atoms with van der Waals surface area (Å²) in [6, 6.07) is 10.1. The lowest BCUT2D eigenvalue weighted by Gasteiger charge is -2.25. The van der Waals surface area contributed by atoms with Gasteiger partial charge in [-0.3, -0.25) is 4.79 Å². The van der Waals surface area contributed by atoms with Gasteiger partial charge in [-0.15, -0.1) is 0 Å². The van der Waals surface area contributed by atoms with Gasteiger partial charge in [-0.1, -0.05) is 43.2 Å². The molecule has 0 bridgehead atoms. The van der Waals surface area contributed by atoms with Crippen molar-refractivity contribution in [2.45, 2.75) is 44.2 Å². The molecule has 0 aromatic heterocycles. The molecule has 2 atom stereocenters. The van der Waals surface area contributed by atoms with Crippen LogP contribution >= 0.6 is 0 Å². The van der Waals surface area contributed by atoms with Crippen LogP contribution in [0.4, 0.5) is 0 Å². The van der Waals surface area contributed by atoms with Gasteiger partial charge in [-0.2, -0.15) is 0 Å². The molecule has 3 nitrogen and oxygen atoms in total. The van der Waals surface area contributed by atoms with E-state index in [1.807, 2.05) is 35.2 Å². The molecule has 2 unspecified atom stereocenters. The Balaban J connectivity index is 1.69. The zero-order valence-corrected chi connectivity index (χ0v) is 11.2. The van der Waals surface area contributed by atoms with Crippen LogP contribution in [0.1, 0.15) is 43.8 Å². The minimum absolute atomic E-state index is 0.0514. The molecule has 3 rings (SSSR count). The number of amides is 1. The van der Waals surface area contributed by atoms with Crippen molar-refractivity contribution in [3.8, 4) is 0 Å². The molecule has 0 radical (unpaired) electrons. The van der Waals surface area contributed by atoms with E-state index in [4.69, 9.17) is 0 Å². The van der Waals surface area contributed by atoms with Gasteiger partial charge in [0.15, 0.2) is 0 Å². The van der Waals surface area contributed by atoms with Crippen LogP contribution in [-0.4, -0.2) is 28.5 Å². The fraction of sp³-hybridized carbons (Fsp3) is 0.562. The van der Waals surface area contributed by atoms with E-state index in [9.17, 15) is 9.90 Å². The van der Waals surface area contributed by atoms with Gasteiger partial charge in [0.1, 0.15) is 0 Å². The summed E-state index contributed by atoms with van der Waals surface area (Å²) < 4.78 is 0. The number of carbonyl (C=O) groups is 1. The number of hydrogen-bond acceptors (Lipinski definition) is 2. The van der Waals surface area contributed by atoms with Gasteiger partial charge in [0, 0.05) is 24.9 Å². The van der Waals surface area contributed by atoms with Crippen molar-refractivity contribution in [2.24, 2.45) is 5.92 Å². The molecule has 1 saturated heterocycles. The third-order valence-electron chi connectivity index (χ3n) is 4.54. The first-order valence-corrected chi connectivity index (χ1v) is 7.28. The molecule has 1 saturated carbocycles. The predicted molar refractivity (Wildman–Crippen MR) is 73.5 cm³/mol. The van der Waals surface area contributed by atoms with Gasteiger partial charge >= 0.3 is 0 Å². The highest BCUT2D eigenvalue weighted by molar-refractivity contribution is 5.79. The maximum absolute atomic E-state index is 12.1. The molecule has 2 aliphatic rings. The molecule has 102 valence electrons. The van der Waals surface area contributed by atoms with Gasteiger partial charge in [0.2, 0.25) is 5.91 Å². The van der Waals surface area contributed by atoms with Crippen LogP contribution in [0, 0.1) is 5.92 Å². The number of aliphatic hydroxyl groups excluding tert-OH is 1. The van der Waals surface area contributed by atoms with Crippen LogP contribution < -0.4 is 0 Å². The SMILES string of the molecule is O=C1CC(C(O)c2ccccc2)CN1C1CCCC1. The molecule has 1 heterocycles. The number of hydrogen-bond donors (Lipinski definition) is 1. The fourth-order valence-corrected chi connectivity index (χ4v) is 3.46. The number of benzene rings is 1.